The molecule has 0 aliphatic carbocycles. The van der Waals surface area contributed by atoms with Crippen molar-refractivity contribution in [1.82, 2.24) is 20.4 Å². The van der Waals surface area contributed by atoms with Crippen LogP contribution in [0.5, 0.6) is 0 Å². The highest BCUT2D eigenvalue weighted by molar-refractivity contribution is 7.91. The van der Waals surface area contributed by atoms with Crippen LogP contribution in [0.3, 0.4) is 0 Å². The molecule has 0 aromatic heterocycles. The quantitative estimate of drug-likeness (QED) is 0.503. The van der Waals surface area contributed by atoms with Crippen LogP contribution in [0.4, 0.5) is 0 Å². The Kier molecular flexibility index (Phi) is 7.31. The third-order valence-corrected chi connectivity index (χ3v) is 6.68. The first-order valence-corrected chi connectivity index (χ1v) is 11.0. The monoisotopic (exact) mass is 359 g/mol. The first kappa shape index (κ1) is 19.5. The van der Waals surface area contributed by atoms with E-state index < -0.39 is 9.84 Å². The molecule has 140 valence electrons. The van der Waals surface area contributed by atoms with Crippen molar-refractivity contribution in [2.24, 2.45) is 4.99 Å². The highest BCUT2D eigenvalue weighted by atomic mass is 32.2. The van der Waals surface area contributed by atoms with Gasteiger partial charge in [-0.3, -0.25) is 9.89 Å². The summed E-state index contributed by atoms with van der Waals surface area (Å²) in [6.45, 7) is 13.5. The average Bonchev–Trinajstić information content (AvgIpc) is 2.91. The van der Waals surface area contributed by atoms with Crippen molar-refractivity contribution >= 4 is 15.8 Å². The van der Waals surface area contributed by atoms with Gasteiger partial charge in [-0.2, -0.15) is 0 Å². The first-order chi connectivity index (χ1) is 11.4. The van der Waals surface area contributed by atoms with Gasteiger partial charge in [-0.1, -0.05) is 6.92 Å². The zero-order chi connectivity index (χ0) is 17.6. The second kappa shape index (κ2) is 9.01. The van der Waals surface area contributed by atoms with Crippen molar-refractivity contribution in [3.8, 4) is 0 Å². The van der Waals surface area contributed by atoms with Gasteiger partial charge >= 0.3 is 0 Å². The van der Waals surface area contributed by atoms with E-state index in [2.05, 4.69) is 39.3 Å². The third kappa shape index (κ3) is 5.89. The maximum absolute atomic E-state index is 11.6. The number of sulfone groups is 1. The molecule has 2 heterocycles. The number of hydrogen-bond donors (Lipinski definition) is 2. The van der Waals surface area contributed by atoms with Crippen molar-refractivity contribution in [1.29, 1.82) is 0 Å². The number of nitrogens with one attached hydrogen (secondary N) is 2. The summed E-state index contributed by atoms with van der Waals surface area (Å²) >= 11 is 0. The van der Waals surface area contributed by atoms with E-state index in [-0.39, 0.29) is 17.5 Å². The molecule has 0 aromatic carbocycles. The van der Waals surface area contributed by atoms with Crippen LogP contribution in [0.2, 0.25) is 0 Å². The highest BCUT2D eigenvalue weighted by Crippen LogP contribution is 2.11. The Hall–Kier alpha value is -0.860. The molecule has 0 bridgehead atoms. The summed E-state index contributed by atoms with van der Waals surface area (Å²) in [5.74, 6) is 1.23. The second-order valence-corrected chi connectivity index (χ2v) is 9.01. The molecule has 0 spiro atoms. The minimum Gasteiger partial charge on any atom is -0.357 e. The average molecular weight is 360 g/mol. The highest BCUT2D eigenvalue weighted by Gasteiger charge is 2.28. The topological polar surface area (TPSA) is 77.0 Å². The number of rotatable bonds is 6. The largest absolute Gasteiger partial charge is 0.357 e. The molecule has 2 saturated heterocycles. The lowest BCUT2D eigenvalue weighted by Crippen LogP contribution is -2.50. The summed E-state index contributed by atoms with van der Waals surface area (Å²) in [4.78, 5) is 9.64. The fourth-order valence-corrected chi connectivity index (χ4v) is 4.95. The third-order valence-electron chi connectivity index (χ3n) is 4.91. The van der Waals surface area contributed by atoms with Gasteiger partial charge in [0, 0.05) is 44.8 Å². The van der Waals surface area contributed by atoms with Gasteiger partial charge < -0.3 is 15.5 Å². The molecule has 8 heteroatoms. The molecule has 2 atom stereocenters. The maximum Gasteiger partial charge on any atom is 0.191 e. The molecular weight excluding hydrogens is 326 g/mol. The SMILES string of the molecule is CCNC(=NCC(C)N1CCN(CC)CC1)NC1CCS(=O)(=O)C1. The fraction of sp³-hybridized carbons (Fsp3) is 0.938. The van der Waals surface area contributed by atoms with Crippen LogP contribution in [0, 0.1) is 0 Å². The minimum atomic E-state index is -2.87. The molecule has 0 radical (unpaired) electrons. The molecule has 2 aliphatic heterocycles. The Morgan fingerprint density at radius 1 is 1.25 bits per heavy atom. The molecule has 24 heavy (non-hydrogen) atoms. The summed E-state index contributed by atoms with van der Waals surface area (Å²) in [5.41, 5.74) is 0. The van der Waals surface area contributed by atoms with Gasteiger partial charge in [0.25, 0.3) is 0 Å². The van der Waals surface area contributed by atoms with Gasteiger partial charge in [0.1, 0.15) is 0 Å². The number of guanidine groups is 1. The normalized spacial score (nSPS) is 27.1. The first-order valence-electron chi connectivity index (χ1n) is 9.15. The second-order valence-electron chi connectivity index (χ2n) is 6.78. The van der Waals surface area contributed by atoms with Gasteiger partial charge in [-0.15, -0.1) is 0 Å². The van der Waals surface area contributed by atoms with E-state index in [0.717, 1.165) is 51.8 Å². The summed E-state index contributed by atoms with van der Waals surface area (Å²) < 4.78 is 23.2. The van der Waals surface area contributed by atoms with E-state index in [0.29, 0.717) is 12.5 Å². The number of piperazine rings is 1. The molecule has 2 N–H and O–H groups in total. The molecule has 2 unspecified atom stereocenters. The van der Waals surface area contributed by atoms with Gasteiger partial charge in [-0.25, -0.2) is 8.42 Å². The lowest BCUT2D eigenvalue weighted by atomic mass is 10.2. The predicted molar refractivity (Wildman–Crippen MR) is 99.3 cm³/mol. The molecule has 2 rings (SSSR count). The minimum absolute atomic E-state index is 0.0174. The van der Waals surface area contributed by atoms with Crippen molar-refractivity contribution in [3.63, 3.8) is 0 Å². The number of aliphatic imine (C=N–C) groups is 1. The van der Waals surface area contributed by atoms with E-state index in [1.54, 1.807) is 0 Å². The summed E-state index contributed by atoms with van der Waals surface area (Å²) in [6, 6.07) is 0.378. The number of likely N-dealkylation sites (N-methyl/N-ethyl adjacent to an activating group) is 1. The lowest BCUT2D eigenvalue weighted by molar-refractivity contribution is 0.109. The van der Waals surface area contributed by atoms with Crippen molar-refractivity contribution in [3.05, 3.63) is 0 Å². The van der Waals surface area contributed by atoms with Crippen molar-refractivity contribution in [2.75, 3.05) is 57.3 Å². The molecule has 7 nitrogen and oxygen atoms in total. The van der Waals surface area contributed by atoms with E-state index in [4.69, 9.17) is 0 Å². The Morgan fingerprint density at radius 2 is 1.96 bits per heavy atom. The van der Waals surface area contributed by atoms with E-state index >= 15 is 0 Å². The molecule has 2 aliphatic rings. The van der Waals surface area contributed by atoms with Gasteiger partial charge in [0.15, 0.2) is 15.8 Å². The summed E-state index contributed by atoms with van der Waals surface area (Å²) in [6.07, 6.45) is 0.668. The van der Waals surface area contributed by atoms with Crippen molar-refractivity contribution in [2.45, 2.75) is 39.3 Å². The molecular formula is C16H33N5O2S. The van der Waals surface area contributed by atoms with Crippen LogP contribution in [0.25, 0.3) is 0 Å². The summed E-state index contributed by atoms with van der Waals surface area (Å²) in [5, 5.41) is 6.51. The van der Waals surface area contributed by atoms with Crippen LogP contribution < -0.4 is 10.6 Å². The van der Waals surface area contributed by atoms with Crippen molar-refractivity contribution < 1.29 is 8.42 Å². The van der Waals surface area contributed by atoms with Crippen LogP contribution >= 0.6 is 0 Å². The standard InChI is InChI=1S/C16H33N5O2S/c1-4-17-16(19-15-6-11-24(22,23)13-15)18-12-14(3)21-9-7-20(5-2)8-10-21/h14-15H,4-13H2,1-3H3,(H2,17,18,19). The van der Waals surface area contributed by atoms with Crippen LogP contribution in [0.1, 0.15) is 27.2 Å². The Labute approximate surface area is 146 Å². The van der Waals surface area contributed by atoms with E-state index in [1.807, 2.05) is 6.92 Å². The van der Waals surface area contributed by atoms with Crippen LogP contribution in [0.15, 0.2) is 4.99 Å². The van der Waals surface area contributed by atoms with E-state index in [1.165, 1.54) is 0 Å². The van der Waals surface area contributed by atoms with Crippen LogP contribution in [-0.4, -0.2) is 93.6 Å². The Morgan fingerprint density at radius 3 is 2.50 bits per heavy atom. The molecule has 0 amide bonds. The Bertz CT molecular complexity index is 515. The number of nitrogens with zero attached hydrogens (tertiary/aromatic N) is 3. The Balaban J connectivity index is 1.84. The zero-order valence-electron chi connectivity index (χ0n) is 15.3. The van der Waals surface area contributed by atoms with Crippen LogP contribution in [-0.2, 0) is 9.84 Å². The van der Waals surface area contributed by atoms with E-state index in [9.17, 15) is 8.42 Å². The molecule has 0 saturated carbocycles. The van der Waals surface area contributed by atoms with Gasteiger partial charge in [-0.05, 0) is 26.8 Å². The lowest BCUT2D eigenvalue weighted by Gasteiger charge is -2.37. The van der Waals surface area contributed by atoms with Gasteiger partial charge in [0.2, 0.25) is 0 Å². The van der Waals surface area contributed by atoms with Gasteiger partial charge in [0.05, 0.1) is 18.1 Å². The zero-order valence-corrected chi connectivity index (χ0v) is 16.1. The summed E-state index contributed by atoms with van der Waals surface area (Å²) in [7, 11) is -2.87. The maximum atomic E-state index is 11.6. The molecule has 0 aromatic rings. The fourth-order valence-electron chi connectivity index (χ4n) is 3.28. The predicted octanol–water partition coefficient (Wildman–Crippen LogP) is -0.245. The molecule has 2 fully saturated rings. The number of hydrogen-bond acceptors (Lipinski definition) is 5. The smallest absolute Gasteiger partial charge is 0.191 e.